The van der Waals surface area contributed by atoms with Crippen molar-refractivity contribution in [2.75, 3.05) is 0 Å². The molecular formula is C18H26N2O2. The Morgan fingerprint density at radius 2 is 1.91 bits per heavy atom. The second-order valence-electron chi connectivity index (χ2n) is 6.21. The van der Waals surface area contributed by atoms with Gasteiger partial charge in [-0.2, -0.15) is 5.26 Å². The third kappa shape index (κ3) is 3.11. The number of unbranched alkanes of at least 4 members (excludes halogenated alkanes) is 2. The number of fused-ring (bicyclic) bond motifs is 1. The highest BCUT2D eigenvalue weighted by Crippen LogP contribution is 2.43. The monoisotopic (exact) mass is 302 g/mol. The van der Waals surface area contributed by atoms with Gasteiger partial charge in [-0.15, -0.1) is 0 Å². The van der Waals surface area contributed by atoms with E-state index < -0.39 is 17.7 Å². The lowest BCUT2D eigenvalue weighted by Crippen LogP contribution is -2.55. The molecule has 0 radical (unpaired) electrons. The smallest absolute Gasteiger partial charge is 0.137 e. The van der Waals surface area contributed by atoms with Crippen LogP contribution in [0.25, 0.3) is 0 Å². The van der Waals surface area contributed by atoms with Crippen molar-refractivity contribution >= 4 is 0 Å². The van der Waals surface area contributed by atoms with Gasteiger partial charge in [0.15, 0.2) is 0 Å². The van der Waals surface area contributed by atoms with Crippen LogP contribution in [0, 0.1) is 11.3 Å². The molecule has 0 saturated carbocycles. The predicted molar refractivity (Wildman–Crippen MR) is 86.5 cm³/mol. The summed E-state index contributed by atoms with van der Waals surface area (Å²) in [7, 11) is 0. The molecule has 3 N–H and O–H groups in total. The van der Waals surface area contributed by atoms with Crippen LogP contribution >= 0.6 is 0 Å². The number of hydrogen-bond acceptors (Lipinski definition) is 4. The van der Waals surface area contributed by atoms with Crippen LogP contribution in [0.5, 0.6) is 5.75 Å². The molecule has 22 heavy (non-hydrogen) atoms. The number of aliphatic hydroxyl groups is 1. The van der Waals surface area contributed by atoms with E-state index in [9.17, 15) is 5.11 Å². The zero-order valence-corrected chi connectivity index (χ0v) is 13.5. The number of nitriles is 1. The summed E-state index contributed by atoms with van der Waals surface area (Å²) in [6, 6.07) is 6.88. The maximum Gasteiger partial charge on any atom is 0.137 e. The first-order valence-electron chi connectivity index (χ1n) is 8.24. The van der Waals surface area contributed by atoms with E-state index in [0.717, 1.165) is 44.1 Å². The Balaban J connectivity index is 2.38. The molecule has 0 amide bonds. The molecule has 0 aromatic heterocycles. The maximum absolute atomic E-state index is 10.8. The average Bonchev–Trinajstić information content (AvgIpc) is 2.55. The van der Waals surface area contributed by atoms with Gasteiger partial charge in [-0.1, -0.05) is 26.7 Å². The van der Waals surface area contributed by atoms with Gasteiger partial charge in [0.25, 0.3) is 0 Å². The van der Waals surface area contributed by atoms with Crippen LogP contribution in [-0.4, -0.2) is 16.8 Å². The summed E-state index contributed by atoms with van der Waals surface area (Å²) < 4.78 is 6.27. The zero-order chi connectivity index (χ0) is 16.2. The second kappa shape index (κ2) is 7.13. The van der Waals surface area contributed by atoms with Crippen molar-refractivity contribution in [1.82, 2.24) is 0 Å². The summed E-state index contributed by atoms with van der Waals surface area (Å²) >= 11 is 0. The lowest BCUT2D eigenvalue weighted by Gasteiger charge is -2.45. The molecule has 1 aromatic carbocycles. The van der Waals surface area contributed by atoms with Crippen LogP contribution in [-0.2, 0) is 0 Å². The molecule has 0 saturated heterocycles. The molecule has 4 nitrogen and oxygen atoms in total. The molecule has 1 aliphatic heterocycles. The van der Waals surface area contributed by atoms with Crippen molar-refractivity contribution < 1.29 is 9.84 Å². The van der Waals surface area contributed by atoms with Crippen LogP contribution in [0.4, 0.5) is 0 Å². The largest absolute Gasteiger partial charge is 0.484 e. The Labute approximate surface area is 132 Å². The zero-order valence-electron chi connectivity index (χ0n) is 13.5. The van der Waals surface area contributed by atoms with Gasteiger partial charge in [0.2, 0.25) is 0 Å². The summed E-state index contributed by atoms with van der Waals surface area (Å²) in [4.78, 5) is 0. The number of hydrogen-bond donors (Lipinski definition) is 2. The van der Waals surface area contributed by atoms with E-state index in [-0.39, 0.29) is 0 Å². The summed E-state index contributed by atoms with van der Waals surface area (Å²) in [5.41, 5.74) is 6.96. The van der Waals surface area contributed by atoms with Crippen molar-refractivity contribution in [2.45, 2.75) is 70.1 Å². The molecule has 1 aliphatic rings. The van der Waals surface area contributed by atoms with Crippen molar-refractivity contribution in [3.63, 3.8) is 0 Å². The Morgan fingerprint density at radius 1 is 1.27 bits per heavy atom. The van der Waals surface area contributed by atoms with E-state index in [1.54, 1.807) is 12.1 Å². The number of rotatable bonds is 6. The fraction of sp³-hybridized carbons (Fsp3) is 0.611. The standard InChI is InChI=1S/C18H26N2O2/c1-3-5-9-18(10-6-4-2)17(21)16(20)14-11-13(12-19)7-8-15(14)22-18/h7-8,11,16-17,21H,3-6,9-10,20H2,1-2H3/t16-,17+/m0/s1. The Kier molecular flexibility index (Phi) is 5.44. The van der Waals surface area contributed by atoms with E-state index in [1.165, 1.54) is 0 Å². The molecule has 1 aromatic rings. The van der Waals surface area contributed by atoms with Gasteiger partial charge in [-0.05, 0) is 43.9 Å². The summed E-state index contributed by atoms with van der Waals surface area (Å²) in [6.45, 7) is 4.27. The molecule has 0 bridgehead atoms. The van der Waals surface area contributed by atoms with Crippen LogP contribution in [0.15, 0.2) is 18.2 Å². The molecule has 0 fully saturated rings. The van der Waals surface area contributed by atoms with Gasteiger partial charge >= 0.3 is 0 Å². The molecular weight excluding hydrogens is 276 g/mol. The number of aliphatic hydroxyl groups excluding tert-OH is 1. The molecule has 0 aliphatic carbocycles. The third-order valence-corrected chi connectivity index (χ3v) is 4.60. The Bertz CT molecular complexity index is 543. The maximum atomic E-state index is 10.8. The van der Waals surface area contributed by atoms with Gasteiger partial charge in [-0.25, -0.2) is 0 Å². The minimum atomic E-state index is -0.743. The predicted octanol–water partition coefficient (Wildman–Crippen LogP) is 3.43. The topological polar surface area (TPSA) is 79.3 Å². The molecule has 1 heterocycles. The lowest BCUT2D eigenvalue weighted by atomic mass is 9.78. The number of nitrogens with zero attached hydrogens (tertiary/aromatic N) is 1. The van der Waals surface area contributed by atoms with Gasteiger partial charge in [0.1, 0.15) is 17.5 Å². The highest BCUT2D eigenvalue weighted by molar-refractivity contribution is 5.46. The van der Waals surface area contributed by atoms with Gasteiger partial charge in [0, 0.05) is 5.56 Å². The van der Waals surface area contributed by atoms with Crippen LogP contribution in [0.3, 0.4) is 0 Å². The van der Waals surface area contributed by atoms with E-state index >= 15 is 0 Å². The quantitative estimate of drug-likeness (QED) is 0.843. The first-order valence-corrected chi connectivity index (χ1v) is 8.24. The summed E-state index contributed by atoms with van der Waals surface area (Å²) in [6.07, 6.45) is 4.97. The second-order valence-corrected chi connectivity index (χ2v) is 6.21. The van der Waals surface area contributed by atoms with Crippen molar-refractivity contribution in [3.05, 3.63) is 29.3 Å². The van der Waals surface area contributed by atoms with Crippen LogP contribution in [0.1, 0.15) is 69.5 Å². The normalized spacial score (nSPS) is 22.5. The van der Waals surface area contributed by atoms with E-state index in [4.69, 9.17) is 15.7 Å². The first-order chi connectivity index (χ1) is 10.6. The Hall–Kier alpha value is -1.57. The van der Waals surface area contributed by atoms with Crippen molar-refractivity contribution in [3.8, 4) is 11.8 Å². The van der Waals surface area contributed by atoms with Crippen molar-refractivity contribution in [2.24, 2.45) is 5.73 Å². The fourth-order valence-electron chi connectivity index (χ4n) is 3.22. The molecule has 0 spiro atoms. The highest BCUT2D eigenvalue weighted by atomic mass is 16.5. The molecule has 2 rings (SSSR count). The van der Waals surface area contributed by atoms with Gasteiger partial charge in [-0.3, -0.25) is 0 Å². The number of benzene rings is 1. The third-order valence-electron chi connectivity index (χ3n) is 4.60. The van der Waals surface area contributed by atoms with Gasteiger partial charge in [0.05, 0.1) is 17.7 Å². The van der Waals surface area contributed by atoms with Crippen LogP contribution < -0.4 is 10.5 Å². The molecule has 120 valence electrons. The lowest BCUT2D eigenvalue weighted by molar-refractivity contribution is -0.0933. The summed E-state index contributed by atoms with van der Waals surface area (Å²) in [5.74, 6) is 0.712. The SMILES string of the molecule is CCCCC1(CCCC)Oc2ccc(C#N)cc2[C@H](N)[C@H]1O. The summed E-state index contributed by atoms with van der Waals surface area (Å²) in [5, 5.41) is 19.9. The highest BCUT2D eigenvalue weighted by Gasteiger charge is 2.47. The van der Waals surface area contributed by atoms with E-state index in [1.807, 2.05) is 6.07 Å². The number of ether oxygens (including phenoxy) is 1. The average molecular weight is 302 g/mol. The minimum absolute atomic E-state index is 0.509. The molecule has 4 heteroatoms. The minimum Gasteiger partial charge on any atom is -0.484 e. The first kappa shape index (κ1) is 16.8. The molecule has 0 unspecified atom stereocenters. The van der Waals surface area contributed by atoms with Crippen molar-refractivity contribution in [1.29, 1.82) is 5.26 Å². The Morgan fingerprint density at radius 3 is 2.45 bits per heavy atom. The fourth-order valence-corrected chi connectivity index (χ4v) is 3.22. The van der Waals surface area contributed by atoms with Gasteiger partial charge < -0.3 is 15.6 Å². The molecule has 2 atom stereocenters. The number of nitrogens with two attached hydrogens (primary N) is 1. The van der Waals surface area contributed by atoms with Crippen LogP contribution in [0.2, 0.25) is 0 Å². The van der Waals surface area contributed by atoms with E-state index in [2.05, 4.69) is 19.9 Å². The van der Waals surface area contributed by atoms with E-state index in [0.29, 0.717) is 11.3 Å².